The number of carbonyl (C=O) groups is 2. The summed E-state index contributed by atoms with van der Waals surface area (Å²) < 4.78 is 4.51. The average molecular weight is 282 g/mol. The fourth-order valence-electron chi connectivity index (χ4n) is 1.38. The molecule has 0 saturated carbocycles. The number of rotatable bonds is 5. The van der Waals surface area contributed by atoms with Gasteiger partial charge in [-0.1, -0.05) is 23.7 Å². The Balaban J connectivity index is 2.52. The van der Waals surface area contributed by atoms with Gasteiger partial charge in [0.25, 0.3) is 0 Å². The van der Waals surface area contributed by atoms with Gasteiger partial charge in [0.05, 0.1) is 13.5 Å². The fraction of sp³-hybridized carbons (Fsp3) is 0.286. The lowest BCUT2D eigenvalue weighted by Gasteiger charge is -2.13. The molecule has 1 rings (SSSR count). The Bertz CT molecular complexity index is 485. The summed E-state index contributed by atoms with van der Waals surface area (Å²) in [6, 6.07) is 7.19. The Morgan fingerprint density at radius 2 is 2.16 bits per heavy atom. The molecule has 0 aliphatic carbocycles. The van der Waals surface area contributed by atoms with Crippen molar-refractivity contribution in [2.75, 3.05) is 20.7 Å². The number of ether oxygens (including phenoxy) is 1. The number of methoxy groups -OCH3 is 1. The van der Waals surface area contributed by atoms with Crippen LogP contribution in [0.4, 0.5) is 0 Å². The van der Waals surface area contributed by atoms with Crippen molar-refractivity contribution in [1.29, 1.82) is 0 Å². The highest BCUT2D eigenvalue weighted by Gasteiger charge is 2.07. The van der Waals surface area contributed by atoms with E-state index in [0.29, 0.717) is 11.6 Å². The molecule has 0 bridgehead atoms. The molecule has 0 aliphatic rings. The largest absolute Gasteiger partial charge is 0.469 e. The van der Waals surface area contributed by atoms with Crippen LogP contribution in [0.5, 0.6) is 0 Å². The molecule has 19 heavy (non-hydrogen) atoms. The van der Waals surface area contributed by atoms with Crippen LogP contribution >= 0.6 is 11.6 Å². The Kier molecular flexibility index (Phi) is 6.09. The zero-order valence-corrected chi connectivity index (χ0v) is 11.7. The standard InChI is InChI=1S/C14H16ClNO3/c1-16(9-8-14(18)19-2)13(17)7-6-11-4-3-5-12(15)10-11/h3-7,10H,8-9H2,1-2H3/b7-6+. The predicted molar refractivity (Wildman–Crippen MR) is 74.8 cm³/mol. The SMILES string of the molecule is COC(=O)CCN(C)C(=O)/C=C/c1cccc(Cl)c1. The highest BCUT2D eigenvalue weighted by molar-refractivity contribution is 6.30. The van der Waals surface area contributed by atoms with Crippen molar-refractivity contribution in [3.63, 3.8) is 0 Å². The number of hydrogen-bond donors (Lipinski definition) is 0. The third-order valence-corrected chi connectivity index (χ3v) is 2.76. The number of benzene rings is 1. The van der Waals surface area contributed by atoms with Gasteiger partial charge in [-0.15, -0.1) is 0 Å². The molecule has 0 heterocycles. The second-order valence-corrected chi connectivity index (χ2v) is 4.41. The number of amides is 1. The van der Waals surface area contributed by atoms with Crippen LogP contribution in [0.25, 0.3) is 6.08 Å². The van der Waals surface area contributed by atoms with Crippen LogP contribution in [0.2, 0.25) is 5.02 Å². The van der Waals surface area contributed by atoms with Gasteiger partial charge in [-0.2, -0.15) is 0 Å². The zero-order chi connectivity index (χ0) is 14.3. The molecule has 5 heteroatoms. The quantitative estimate of drug-likeness (QED) is 0.615. The van der Waals surface area contributed by atoms with Crippen molar-refractivity contribution >= 4 is 29.6 Å². The number of esters is 1. The van der Waals surface area contributed by atoms with Crippen molar-refractivity contribution in [2.45, 2.75) is 6.42 Å². The van der Waals surface area contributed by atoms with E-state index in [2.05, 4.69) is 4.74 Å². The molecule has 1 amide bonds. The van der Waals surface area contributed by atoms with Gasteiger partial charge in [-0.05, 0) is 23.8 Å². The summed E-state index contributed by atoms with van der Waals surface area (Å²) in [6.07, 6.45) is 3.32. The van der Waals surface area contributed by atoms with Crippen molar-refractivity contribution in [3.8, 4) is 0 Å². The van der Waals surface area contributed by atoms with E-state index < -0.39 is 0 Å². The molecule has 0 N–H and O–H groups in total. The molecule has 0 radical (unpaired) electrons. The van der Waals surface area contributed by atoms with E-state index in [-0.39, 0.29) is 18.3 Å². The molecule has 0 unspecified atom stereocenters. The highest BCUT2D eigenvalue weighted by Crippen LogP contribution is 2.11. The van der Waals surface area contributed by atoms with Crippen LogP contribution in [0.1, 0.15) is 12.0 Å². The summed E-state index contributed by atoms with van der Waals surface area (Å²) in [5, 5.41) is 0.619. The third-order valence-electron chi connectivity index (χ3n) is 2.52. The predicted octanol–water partition coefficient (Wildman–Crippen LogP) is 2.37. The molecule has 0 saturated heterocycles. The van der Waals surface area contributed by atoms with Crippen molar-refractivity contribution in [1.82, 2.24) is 4.90 Å². The van der Waals surface area contributed by atoms with Crippen LogP contribution in [0, 0.1) is 0 Å². The Morgan fingerprint density at radius 1 is 1.42 bits per heavy atom. The first-order valence-electron chi connectivity index (χ1n) is 5.78. The smallest absolute Gasteiger partial charge is 0.307 e. The molecular weight excluding hydrogens is 266 g/mol. The molecule has 0 atom stereocenters. The molecule has 102 valence electrons. The van der Waals surface area contributed by atoms with Gasteiger partial charge in [0.2, 0.25) is 5.91 Å². The number of halogens is 1. The van der Waals surface area contributed by atoms with Crippen molar-refractivity contribution in [2.24, 2.45) is 0 Å². The van der Waals surface area contributed by atoms with E-state index in [1.165, 1.54) is 18.1 Å². The maximum Gasteiger partial charge on any atom is 0.307 e. The Hall–Kier alpha value is -1.81. The normalized spacial score (nSPS) is 10.5. The summed E-state index contributed by atoms with van der Waals surface area (Å²) in [5.74, 6) is -0.512. The zero-order valence-electron chi connectivity index (χ0n) is 10.9. The van der Waals surface area contributed by atoms with Gasteiger partial charge in [0.1, 0.15) is 0 Å². The molecule has 0 fully saturated rings. The highest BCUT2D eigenvalue weighted by atomic mass is 35.5. The van der Waals surface area contributed by atoms with Crippen LogP contribution < -0.4 is 0 Å². The second kappa shape index (κ2) is 7.59. The summed E-state index contributed by atoms with van der Waals surface area (Å²) in [6.45, 7) is 0.325. The summed E-state index contributed by atoms with van der Waals surface area (Å²) in [7, 11) is 2.96. The lowest BCUT2D eigenvalue weighted by atomic mass is 10.2. The van der Waals surface area contributed by atoms with Crippen LogP contribution in [-0.2, 0) is 14.3 Å². The van der Waals surface area contributed by atoms with Gasteiger partial charge in [-0.3, -0.25) is 9.59 Å². The summed E-state index contributed by atoms with van der Waals surface area (Å²) >= 11 is 5.84. The molecule has 0 aromatic heterocycles. The minimum Gasteiger partial charge on any atom is -0.469 e. The fourth-order valence-corrected chi connectivity index (χ4v) is 1.57. The molecule has 1 aromatic carbocycles. The van der Waals surface area contributed by atoms with Crippen LogP contribution in [-0.4, -0.2) is 37.5 Å². The van der Waals surface area contributed by atoms with E-state index >= 15 is 0 Å². The van der Waals surface area contributed by atoms with Gasteiger partial charge in [0.15, 0.2) is 0 Å². The summed E-state index contributed by atoms with van der Waals surface area (Å²) in [4.78, 5) is 24.2. The Morgan fingerprint density at radius 3 is 2.79 bits per heavy atom. The number of likely N-dealkylation sites (N-methyl/N-ethyl adjacent to an activating group) is 1. The Labute approximate surface area is 117 Å². The molecule has 0 aliphatic heterocycles. The molecular formula is C14H16ClNO3. The first-order valence-corrected chi connectivity index (χ1v) is 6.16. The number of nitrogens with zero attached hydrogens (tertiary/aromatic N) is 1. The minimum absolute atomic E-state index is 0.177. The number of hydrogen-bond acceptors (Lipinski definition) is 3. The average Bonchev–Trinajstić information content (AvgIpc) is 2.41. The number of carbonyl (C=O) groups excluding carboxylic acids is 2. The topological polar surface area (TPSA) is 46.6 Å². The van der Waals surface area contributed by atoms with E-state index in [4.69, 9.17) is 11.6 Å². The first-order chi connectivity index (χ1) is 9.02. The molecule has 1 aromatic rings. The van der Waals surface area contributed by atoms with Gasteiger partial charge >= 0.3 is 5.97 Å². The van der Waals surface area contributed by atoms with Gasteiger partial charge in [0, 0.05) is 24.7 Å². The van der Waals surface area contributed by atoms with E-state index in [0.717, 1.165) is 5.56 Å². The maximum absolute atomic E-state index is 11.8. The second-order valence-electron chi connectivity index (χ2n) is 3.97. The van der Waals surface area contributed by atoms with E-state index in [1.54, 1.807) is 25.3 Å². The van der Waals surface area contributed by atoms with E-state index in [9.17, 15) is 9.59 Å². The molecule has 4 nitrogen and oxygen atoms in total. The van der Waals surface area contributed by atoms with Gasteiger partial charge < -0.3 is 9.64 Å². The third kappa shape index (κ3) is 5.57. The minimum atomic E-state index is -0.335. The van der Waals surface area contributed by atoms with Crippen molar-refractivity contribution in [3.05, 3.63) is 40.9 Å². The summed E-state index contributed by atoms with van der Waals surface area (Å²) in [5.41, 5.74) is 0.849. The molecule has 0 spiro atoms. The van der Waals surface area contributed by atoms with Crippen LogP contribution in [0.15, 0.2) is 30.3 Å². The maximum atomic E-state index is 11.8. The monoisotopic (exact) mass is 281 g/mol. The van der Waals surface area contributed by atoms with Crippen molar-refractivity contribution < 1.29 is 14.3 Å². The van der Waals surface area contributed by atoms with Gasteiger partial charge in [-0.25, -0.2) is 0 Å². The van der Waals surface area contributed by atoms with E-state index in [1.807, 2.05) is 12.1 Å². The van der Waals surface area contributed by atoms with Crippen LogP contribution in [0.3, 0.4) is 0 Å². The lowest BCUT2D eigenvalue weighted by Crippen LogP contribution is -2.27. The first kappa shape index (κ1) is 15.2. The lowest BCUT2D eigenvalue weighted by molar-refractivity contribution is -0.141.